The molecule has 0 bridgehead atoms. The first-order valence-corrected chi connectivity index (χ1v) is 10.6. The zero-order valence-electron chi connectivity index (χ0n) is 17.1. The summed E-state index contributed by atoms with van der Waals surface area (Å²) in [5, 5.41) is 11.6. The Balaban J connectivity index is 1.35. The Hall–Kier alpha value is -2.25. The highest BCUT2D eigenvalue weighted by molar-refractivity contribution is 5.78. The molecule has 1 N–H and O–H groups in total. The molecule has 0 atom stereocenters. The largest absolute Gasteiger partial charge is 0.388 e. The molecule has 4 rings (SSSR count). The van der Waals surface area contributed by atoms with Crippen LogP contribution in [0.5, 0.6) is 0 Å². The Morgan fingerprint density at radius 3 is 2.59 bits per heavy atom. The molecule has 2 aliphatic rings. The minimum absolute atomic E-state index is 0.137. The third kappa shape index (κ3) is 4.51. The molecule has 3 heterocycles. The number of fused-ring (bicyclic) bond motifs is 1. The number of rotatable bonds is 4. The molecule has 0 spiro atoms. The number of para-hydroxylation sites is 1. The summed E-state index contributed by atoms with van der Waals surface area (Å²) < 4.78 is 1.49. The maximum Gasteiger partial charge on any atom is 0.261 e. The van der Waals surface area contributed by atoms with Crippen molar-refractivity contribution in [2.75, 3.05) is 32.7 Å². The number of likely N-dealkylation sites (tertiary alicyclic amines) is 2. The van der Waals surface area contributed by atoms with E-state index in [9.17, 15) is 14.7 Å². The Kier molecular flexibility index (Phi) is 5.69. The molecule has 156 valence electrons. The fourth-order valence-corrected chi connectivity index (χ4v) is 4.38. The zero-order chi connectivity index (χ0) is 20.4. The number of aromatic nitrogens is 2. The van der Waals surface area contributed by atoms with Crippen molar-refractivity contribution in [2.45, 2.75) is 44.8 Å². The number of hydrogen-bond acceptors (Lipinski definition) is 5. The van der Waals surface area contributed by atoms with Crippen LogP contribution in [-0.4, -0.2) is 68.7 Å². The van der Waals surface area contributed by atoms with Crippen molar-refractivity contribution in [1.82, 2.24) is 19.4 Å². The molecular weight excluding hydrogens is 368 g/mol. The van der Waals surface area contributed by atoms with E-state index >= 15 is 0 Å². The van der Waals surface area contributed by atoms with Crippen LogP contribution in [0.2, 0.25) is 0 Å². The minimum atomic E-state index is -0.995. The third-order valence-corrected chi connectivity index (χ3v) is 6.48. The molecular formula is C22H30N4O3. The van der Waals surface area contributed by atoms with Crippen molar-refractivity contribution in [2.24, 2.45) is 5.92 Å². The summed E-state index contributed by atoms with van der Waals surface area (Å²) in [4.78, 5) is 33.8. The normalized spacial score (nSPS) is 20.8. The lowest BCUT2D eigenvalue weighted by atomic mass is 9.91. The van der Waals surface area contributed by atoms with Gasteiger partial charge in [0.05, 0.1) is 35.9 Å². The van der Waals surface area contributed by atoms with Gasteiger partial charge in [-0.15, -0.1) is 0 Å². The number of benzene rings is 1. The standard InChI is InChI=1S/C22H30N4O3/c1-17-6-10-24(11-7-17)14-20(27)25-12-8-22(29,9-13-25)15-26-16-23-19-5-3-2-4-18(19)21(26)28/h2-5,16-17,29H,6-15H2,1H3. The van der Waals surface area contributed by atoms with E-state index in [4.69, 9.17) is 0 Å². The molecule has 2 aromatic rings. The quantitative estimate of drug-likeness (QED) is 0.844. The number of carbonyl (C=O) groups excluding carboxylic acids is 1. The van der Waals surface area contributed by atoms with Gasteiger partial charge in [-0.2, -0.15) is 0 Å². The lowest BCUT2D eigenvalue weighted by Crippen LogP contribution is -2.52. The Morgan fingerprint density at radius 2 is 1.86 bits per heavy atom. The minimum Gasteiger partial charge on any atom is -0.388 e. The first-order valence-electron chi connectivity index (χ1n) is 10.6. The van der Waals surface area contributed by atoms with Crippen molar-refractivity contribution in [3.8, 4) is 0 Å². The maximum atomic E-state index is 12.7. The molecule has 2 saturated heterocycles. The van der Waals surface area contributed by atoms with Gasteiger partial charge in [0.25, 0.3) is 5.56 Å². The van der Waals surface area contributed by atoms with Crippen LogP contribution in [0.1, 0.15) is 32.6 Å². The van der Waals surface area contributed by atoms with Crippen LogP contribution in [0.25, 0.3) is 10.9 Å². The van der Waals surface area contributed by atoms with Gasteiger partial charge in [0, 0.05) is 13.1 Å². The first kappa shape index (κ1) is 20.0. The van der Waals surface area contributed by atoms with Gasteiger partial charge < -0.3 is 10.0 Å². The van der Waals surface area contributed by atoms with E-state index in [0.717, 1.165) is 31.8 Å². The van der Waals surface area contributed by atoms with Crippen LogP contribution in [0.3, 0.4) is 0 Å². The van der Waals surface area contributed by atoms with Crippen molar-refractivity contribution in [3.63, 3.8) is 0 Å². The fourth-order valence-electron chi connectivity index (χ4n) is 4.38. The Morgan fingerprint density at radius 1 is 1.17 bits per heavy atom. The summed E-state index contributed by atoms with van der Waals surface area (Å²) in [6.07, 6.45) is 4.75. The molecule has 2 aliphatic heterocycles. The number of hydrogen-bond donors (Lipinski definition) is 1. The van der Waals surface area contributed by atoms with Crippen LogP contribution in [0.15, 0.2) is 35.4 Å². The van der Waals surface area contributed by atoms with Gasteiger partial charge >= 0.3 is 0 Å². The SMILES string of the molecule is CC1CCN(CC(=O)N2CCC(O)(Cn3cnc4ccccc4c3=O)CC2)CC1. The lowest BCUT2D eigenvalue weighted by Gasteiger charge is -2.39. The predicted octanol–water partition coefficient (Wildman–Crippen LogP) is 1.48. The van der Waals surface area contributed by atoms with Crippen LogP contribution < -0.4 is 5.56 Å². The van der Waals surface area contributed by atoms with Gasteiger partial charge in [-0.25, -0.2) is 4.98 Å². The molecule has 1 amide bonds. The highest BCUT2D eigenvalue weighted by Gasteiger charge is 2.35. The molecule has 1 aromatic carbocycles. The molecule has 7 nitrogen and oxygen atoms in total. The second kappa shape index (κ2) is 8.24. The third-order valence-electron chi connectivity index (χ3n) is 6.48. The first-order chi connectivity index (χ1) is 13.9. The molecule has 7 heteroatoms. The number of nitrogens with zero attached hydrogens (tertiary/aromatic N) is 4. The fraction of sp³-hybridized carbons (Fsp3) is 0.591. The number of carbonyl (C=O) groups is 1. The van der Waals surface area contributed by atoms with E-state index in [2.05, 4.69) is 16.8 Å². The van der Waals surface area contributed by atoms with Gasteiger partial charge in [-0.1, -0.05) is 19.1 Å². The van der Waals surface area contributed by atoms with Crippen molar-refractivity contribution in [1.29, 1.82) is 0 Å². The van der Waals surface area contributed by atoms with Gasteiger partial charge in [-0.3, -0.25) is 19.1 Å². The van der Waals surface area contributed by atoms with E-state index < -0.39 is 5.60 Å². The van der Waals surface area contributed by atoms with Gasteiger partial charge in [0.15, 0.2) is 0 Å². The monoisotopic (exact) mass is 398 g/mol. The highest BCUT2D eigenvalue weighted by atomic mass is 16.3. The molecule has 1 aromatic heterocycles. The van der Waals surface area contributed by atoms with Crippen molar-refractivity contribution in [3.05, 3.63) is 40.9 Å². The number of amides is 1. The summed E-state index contributed by atoms with van der Waals surface area (Å²) in [5.41, 5.74) is -0.471. The second-order valence-corrected chi connectivity index (χ2v) is 8.76. The summed E-state index contributed by atoms with van der Waals surface area (Å²) in [6, 6.07) is 7.23. The zero-order valence-corrected chi connectivity index (χ0v) is 17.1. The summed E-state index contributed by atoms with van der Waals surface area (Å²) >= 11 is 0. The topological polar surface area (TPSA) is 78.7 Å². The van der Waals surface area contributed by atoms with E-state index in [1.165, 1.54) is 10.9 Å². The molecule has 0 radical (unpaired) electrons. The Bertz CT molecular complexity index is 925. The number of piperidine rings is 2. The molecule has 0 unspecified atom stereocenters. The highest BCUT2D eigenvalue weighted by Crippen LogP contribution is 2.24. The van der Waals surface area contributed by atoms with Gasteiger partial charge in [0.1, 0.15) is 0 Å². The maximum absolute atomic E-state index is 12.7. The average Bonchev–Trinajstić information content (AvgIpc) is 2.72. The smallest absolute Gasteiger partial charge is 0.261 e. The number of aliphatic hydroxyl groups is 1. The van der Waals surface area contributed by atoms with Crippen LogP contribution >= 0.6 is 0 Å². The summed E-state index contributed by atoms with van der Waals surface area (Å²) in [7, 11) is 0. The summed E-state index contributed by atoms with van der Waals surface area (Å²) in [5.74, 6) is 0.894. The van der Waals surface area contributed by atoms with Crippen LogP contribution in [-0.2, 0) is 11.3 Å². The summed E-state index contributed by atoms with van der Waals surface area (Å²) in [6.45, 7) is 5.96. The van der Waals surface area contributed by atoms with E-state index in [-0.39, 0.29) is 18.0 Å². The molecule has 29 heavy (non-hydrogen) atoms. The second-order valence-electron chi connectivity index (χ2n) is 8.76. The molecule has 0 aliphatic carbocycles. The van der Waals surface area contributed by atoms with Gasteiger partial charge in [0.2, 0.25) is 5.91 Å². The van der Waals surface area contributed by atoms with Crippen molar-refractivity contribution >= 4 is 16.8 Å². The molecule has 0 saturated carbocycles. The lowest BCUT2D eigenvalue weighted by molar-refractivity contribution is -0.137. The predicted molar refractivity (Wildman–Crippen MR) is 112 cm³/mol. The van der Waals surface area contributed by atoms with E-state index in [1.54, 1.807) is 6.07 Å². The van der Waals surface area contributed by atoms with Crippen molar-refractivity contribution < 1.29 is 9.90 Å². The van der Waals surface area contributed by atoms with Crippen LogP contribution in [0, 0.1) is 5.92 Å². The average molecular weight is 399 g/mol. The molecule has 2 fully saturated rings. The van der Waals surface area contributed by atoms with E-state index in [1.807, 2.05) is 23.1 Å². The van der Waals surface area contributed by atoms with Gasteiger partial charge in [-0.05, 0) is 56.8 Å². The van der Waals surface area contributed by atoms with Crippen LogP contribution in [0.4, 0.5) is 0 Å². The van der Waals surface area contributed by atoms with E-state index in [0.29, 0.717) is 43.4 Å². The Labute approximate surface area is 170 Å².